The highest BCUT2D eigenvalue weighted by Crippen LogP contribution is 2.55. The molecule has 0 radical (unpaired) electrons. The number of carbonyl (C=O) groups is 2. The van der Waals surface area contributed by atoms with Gasteiger partial charge in [0.25, 0.3) is 0 Å². The molecule has 1 saturated carbocycles. The maximum absolute atomic E-state index is 11.7. The van der Waals surface area contributed by atoms with Crippen LogP contribution in [0.15, 0.2) is 12.7 Å². The van der Waals surface area contributed by atoms with Crippen molar-refractivity contribution in [3.05, 3.63) is 12.7 Å². The fourth-order valence-electron chi connectivity index (χ4n) is 1.67. The Morgan fingerprint density at radius 3 is 2.56 bits per heavy atom. The first-order chi connectivity index (χ1) is 7.63. The van der Waals surface area contributed by atoms with Gasteiger partial charge in [0.15, 0.2) is 5.41 Å². The average molecular weight is 227 g/mol. The molecule has 16 heavy (non-hydrogen) atoms. The molecule has 0 aromatic carbocycles. The molecule has 90 valence electrons. The quantitative estimate of drug-likeness (QED) is 0.399. The van der Waals surface area contributed by atoms with Gasteiger partial charge in [-0.2, -0.15) is 0 Å². The molecule has 0 bridgehead atoms. The zero-order chi connectivity index (χ0) is 12.2. The van der Waals surface area contributed by atoms with Crippen molar-refractivity contribution in [1.82, 2.24) is 0 Å². The van der Waals surface area contributed by atoms with E-state index >= 15 is 0 Å². The summed E-state index contributed by atoms with van der Waals surface area (Å²) in [5.74, 6) is -1.26. The fourth-order valence-corrected chi connectivity index (χ4v) is 1.67. The third-order valence-corrected chi connectivity index (χ3v) is 2.65. The fraction of sp³-hybridized carbons (Fsp3) is 0.636. The maximum Gasteiger partial charge on any atom is 0.324 e. The summed E-state index contributed by atoms with van der Waals surface area (Å²) >= 11 is 0. The molecule has 0 aromatic heterocycles. The highest BCUT2D eigenvalue weighted by Gasteiger charge is 2.66. The number of rotatable bonds is 6. The number of nitrogens with two attached hydrogens (primary N) is 1. The van der Waals surface area contributed by atoms with Crippen LogP contribution in [0.25, 0.3) is 0 Å². The smallest absolute Gasteiger partial charge is 0.324 e. The van der Waals surface area contributed by atoms with Gasteiger partial charge in [-0.3, -0.25) is 9.59 Å². The van der Waals surface area contributed by atoms with Crippen LogP contribution in [0.4, 0.5) is 0 Å². The Hall–Kier alpha value is -1.36. The Balaban J connectivity index is 2.71. The van der Waals surface area contributed by atoms with Crippen LogP contribution >= 0.6 is 0 Å². The van der Waals surface area contributed by atoms with E-state index < -0.39 is 17.4 Å². The van der Waals surface area contributed by atoms with Crippen LogP contribution < -0.4 is 5.73 Å². The van der Waals surface area contributed by atoms with Crippen molar-refractivity contribution in [1.29, 1.82) is 0 Å². The van der Waals surface area contributed by atoms with Crippen LogP contribution in [0, 0.1) is 11.3 Å². The predicted octanol–water partition coefficient (Wildman–Crippen LogP) is 0.244. The van der Waals surface area contributed by atoms with Crippen molar-refractivity contribution >= 4 is 11.9 Å². The number of hydrogen-bond acceptors (Lipinski definition) is 5. The van der Waals surface area contributed by atoms with Crippen LogP contribution in [0.5, 0.6) is 0 Å². The maximum atomic E-state index is 11.7. The summed E-state index contributed by atoms with van der Waals surface area (Å²) in [7, 11) is 0. The molecule has 0 heterocycles. The van der Waals surface area contributed by atoms with Gasteiger partial charge >= 0.3 is 11.9 Å². The van der Waals surface area contributed by atoms with Crippen molar-refractivity contribution in [3.63, 3.8) is 0 Å². The van der Waals surface area contributed by atoms with Crippen molar-refractivity contribution in [3.8, 4) is 0 Å². The van der Waals surface area contributed by atoms with E-state index in [1.165, 1.54) is 0 Å². The largest absolute Gasteiger partial charge is 0.465 e. The number of ether oxygens (including phenoxy) is 2. The molecule has 0 saturated heterocycles. The van der Waals surface area contributed by atoms with Gasteiger partial charge in [-0.1, -0.05) is 6.08 Å². The van der Waals surface area contributed by atoms with E-state index in [1.54, 1.807) is 13.0 Å². The minimum absolute atomic E-state index is 0.115. The Kier molecular flexibility index (Phi) is 4.06. The van der Waals surface area contributed by atoms with Gasteiger partial charge in [-0.15, -0.1) is 6.58 Å². The first-order valence-electron chi connectivity index (χ1n) is 5.30. The highest BCUT2D eigenvalue weighted by molar-refractivity contribution is 6.04. The molecule has 0 aliphatic heterocycles. The van der Waals surface area contributed by atoms with E-state index in [1.807, 2.05) is 0 Å². The monoisotopic (exact) mass is 227 g/mol. The minimum Gasteiger partial charge on any atom is -0.465 e. The molecular weight excluding hydrogens is 210 g/mol. The molecule has 0 amide bonds. The predicted molar refractivity (Wildman–Crippen MR) is 57.4 cm³/mol. The van der Waals surface area contributed by atoms with Crippen LogP contribution in [-0.4, -0.2) is 31.7 Å². The lowest BCUT2D eigenvalue weighted by Gasteiger charge is -2.13. The SMILES string of the molecule is C=CC1CC1(C(=O)OCC)C(=O)OCCN. The summed E-state index contributed by atoms with van der Waals surface area (Å²) in [6, 6.07) is 0. The zero-order valence-electron chi connectivity index (χ0n) is 9.40. The second-order valence-electron chi connectivity index (χ2n) is 3.66. The molecule has 5 nitrogen and oxygen atoms in total. The van der Waals surface area contributed by atoms with Crippen molar-refractivity contribution in [2.45, 2.75) is 13.3 Å². The van der Waals surface area contributed by atoms with Gasteiger partial charge < -0.3 is 15.2 Å². The number of hydrogen-bond donors (Lipinski definition) is 1. The highest BCUT2D eigenvalue weighted by atomic mass is 16.6. The molecule has 0 spiro atoms. The molecule has 1 fully saturated rings. The standard InChI is InChI=1S/C11H17NO4/c1-3-8-7-11(8,9(13)15-4-2)10(14)16-6-5-12/h3,8H,1,4-7,12H2,2H3. The van der Waals surface area contributed by atoms with E-state index in [0.29, 0.717) is 6.42 Å². The minimum atomic E-state index is -1.16. The van der Waals surface area contributed by atoms with Gasteiger partial charge in [-0.05, 0) is 13.3 Å². The molecular formula is C11H17NO4. The van der Waals surface area contributed by atoms with Crippen molar-refractivity contribution < 1.29 is 19.1 Å². The summed E-state index contributed by atoms with van der Waals surface area (Å²) < 4.78 is 9.79. The van der Waals surface area contributed by atoms with E-state index in [0.717, 1.165) is 0 Å². The lowest BCUT2D eigenvalue weighted by Crippen LogP contribution is -2.32. The van der Waals surface area contributed by atoms with E-state index in [2.05, 4.69) is 6.58 Å². The van der Waals surface area contributed by atoms with Crippen molar-refractivity contribution in [2.75, 3.05) is 19.8 Å². The summed E-state index contributed by atoms with van der Waals surface area (Å²) in [5, 5.41) is 0. The number of allylic oxidation sites excluding steroid dienone is 1. The summed E-state index contributed by atoms with van der Waals surface area (Å²) in [4.78, 5) is 23.4. The normalized spacial score (nSPS) is 27.0. The van der Waals surface area contributed by atoms with Crippen LogP contribution in [-0.2, 0) is 19.1 Å². The number of carbonyl (C=O) groups excluding carboxylic acids is 2. The van der Waals surface area contributed by atoms with Crippen molar-refractivity contribution in [2.24, 2.45) is 17.1 Å². The molecule has 2 unspecified atom stereocenters. The lowest BCUT2D eigenvalue weighted by atomic mass is 10.0. The Labute approximate surface area is 94.6 Å². The average Bonchev–Trinajstić information content (AvgIpc) is 3.02. The van der Waals surface area contributed by atoms with Gasteiger partial charge in [0, 0.05) is 12.5 Å². The van der Waals surface area contributed by atoms with E-state index in [-0.39, 0.29) is 25.7 Å². The van der Waals surface area contributed by atoms with Gasteiger partial charge in [0.1, 0.15) is 6.61 Å². The second-order valence-corrected chi connectivity index (χ2v) is 3.66. The van der Waals surface area contributed by atoms with Gasteiger partial charge in [0.05, 0.1) is 6.61 Å². The van der Waals surface area contributed by atoms with Crippen LogP contribution in [0.1, 0.15) is 13.3 Å². The molecule has 2 atom stereocenters. The topological polar surface area (TPSA) is 78.6 Å². The zero-order valence-corrected chi connectivity index (χ0v) is 9.40. The molecule has 1 aliphatic rings. The molecule has 1 rings (SSSR count). The molecule has 5 heteroatoms. The first-order valence-corrected chi connectivity index (χ1v) is 5.30. The van der Waals surface area contributed by atoms with Crippen LogP contribution in [0.2, 0.25) is 0 Å². The second kappa shape index (κ2) is 5.12. The van der Waals surface area contributed by atoms with E-state index in [4.69, 9.17) is 15.2 Å². The lowest BCUT2D eigenvalue weighted by molar-refractivity contribution is -0.164. The molecule has 2 N–H and O–H groups in total. The Bertz CT molecular complexity index is 302. The third-order valence-electron chi connectivity index (χ3n) is 2.65. The van der Waals surface area contributed by atoms with E-state index in [9.17, 15) is 9.59 Å². The van der Waals surface area contributed by atoms with Gasteiger partial charge in [-0.25, -0.2) is 0 Å². The Morgan fingerprint density at radius 2 is 2.12 bits per heavy atom. The van der Waals surface area contributed by atoms with Gasteiger partial charge in [0.2, 0.25) is 0 Å². The Morgan fingerprint density at radius 1 is 1.50 bits per heavy atom. The number of esters is 2. The summed E-state index contributed by atoms with van der Waals surface area (Å²) in [6.45, 7) is 5.88. The summed E-state index contributed by atoms with van der Waals surface area (Å²) in [6.07, 6.45) is 2.00. The molecule has 1 aliphatic carbocycles. The first kappa shape index (κ1) is 12.7. The van der Waals surface area contributed by atoms with Crippen LogP contribution in [0.3, 0.4) is 0 Å². The molecule has 0 aromatic rings. The summed E-state index contributed by atoms with van der Waals surface area (Å²) in [5.41, 5.74) is 4.07. The third kappa shape index (κ3) is 2.09.